The quantitative estimate of drug-likeness (QED) is 0.0569. The van der Waals surface area contributed by atoms with E-state index in [0.717, 1.165) is 18.2 Å². The largest absolute Gasteiger partial charge is 0.508 e. The summed E-state index contributed by atoms with van der Waals surface area (Å²) in [6, 6.07) is 11.3. The van der Waals surface area contributed by atoms with Gasteiger partial charge in [0.05, 0.1) is 32.0 Å². The van der Waals surface area contributed by atoms with Crippen LogP contribution in [0.3, 0.4) is 0 Å². The average Bonchev–Trinajstić information content (AvgIpc) is 3.28. The van der Waals surface area contributed by atoms with Crippen molar-refractivity contribution >= 4 is 23.0 Å². The number of methoxy groups -OCH3 is 1. The highest BCUT2D eigenvalue weighted by Crippen LogP contribution is 2.39. The second kappa shape index (κ2) is 20.1. The van der Waals surface area contributed by atoms with Crippen LogP contribution in [0.4, 0.5) is 0 Å². The standard InChI is InChI=1S/C44H50O22/c1-17-39(63-27-12-20(15-45)31(51)34(54)32(27)52)35(55)37(57)43(61-17)60-16-28-41(65-29(50)10-4-18-3-9-23(48)25(11-18)59-2)36(56)38(58)44(64-28)66-42-33(53)30-24(49)13-22(47)14-26(30)62-40(42)19-5-7-21(46)8-6-19/h3-11,13-14,17,20,27-28,31-32,34-39,41,43-49,51-52,54-58H,12,15-16H2,1-2H3/b10-4+/t17-,20+,27+,28+,31+,32-,34-,35-,36+,37+,38+,39-,41-,43+,44-/m0/s1. The maximum Gasteiger partial charge on any atom is 0.331 e. The number of carbonyl (C=O) groups is 1. The van der Waals surface area contributed by atoms with E-state index in [1.165, 1.54) is 62.6 Å². The summed E-state index contributed by atoms with van der Waals surface area (Å²) in [6.45, 7) is 0.129. The van der Waals surface area contributed by atoms with Crippen molar-refractivity contribution in [2.75, 3.05) is 20.3 Å². The van der Waals surface area contributed by atoms with Crippen molar-refractivity contribution < 1.29 is 104 Å². The van der Waals surface area contributed by atoms with Crippen LogP contribution >= 0.6 is 0 Å². The highest BCUT2D eigenvalue weighted by molar-refractivity contribution is 5.88. The third-order valence-corrected chi connectivity index (χ3v) is 11.7. The van der Waals surface area contributed by atoms with E-state index in [0.29, 0.717) is 5.56 Å². The minimum atomic E-state index is -2.11. The van der Waals surface area contributed by atoms with Gasteiger partial charge in [0.1, 0.15) is 77.0 Å². The third kappa shape index (κ3) is 9.90. The molecule has 66 heavy (non-hydrogen) atoms. The van der Waals surface area contributed by atoms with E-state index >= 15 is 0 Å². The summed E-state index contributed by atoms with van der Waals surface area (Å²) in [5.41, 5.74) is -0.811. The van der Waals surface area contributed by atoms with Crippen molar-refractivity contribution in [1.82, 2.24) is 0 Å². The van der Waals surface area contributed by atoms with Gasteiger partial charge in [0.15, 0.2) is 29.7 Å². The molecule has 7 rings (SSSR count). The Hall–Kier alpha value is -5.60. The van der Waals surface area contributed by atoms with Gasteiger partial charge in [0.25, 0.3) is 0 Å². The van der Waals surface area contributed by atoms with E-state index < -0.39 is 139 Å². The predicted octanol–water partition coefficient (Wildman–Crippen LogP) is -0.926. The second-order valence-electron chi connectivity index (χ2n) is 16.1. The Bertz CT molecular complexity index is 2420. The highest BCUT2D eigenvalue weighted by Gasteiger charge is 2.52. The second-order valence-corrected chi connectivity index (χ2v) is 16.1. The lowest BCUT2D eigenvalue weighted by Crippen LogP contribution is -2.63. The lowest BCUT2D eigenvalue weighted by atomic mass is 9.81. The van der Waals surface area contributed by atoms with Crippen molar-refractivity contribution in [3.8, 4) is 45.8 Å². The first kappa shape index (κ1) is 48.3. The average molecular weight is 931 g/mol. The van der Waals surface area contributed by atoms with Crippen LogP contribution < -0.4 is 14.9 Å². The van der Waals surface area contributed by atoms with Gasteiger partial charge in [0.2, 0.25) is 17.5 Å². The van der Waals surface area contributed by atoms with Crippen LogP contribution in [0.25, 0.3) is 28.4 Å². The molecule has 3 fully saturated rings. The smallest absolute Gasteiger partial charge is 0.331 e. The third-order valence-electron chi connectivity index (χ3n) is 11.7. The zero-order chi connectivity index (χ0) is 47.7. The van der Waals surface area contributed by atoms with Gasteiger partial charge in [-0.05, 0) is 61.4 Å². The van der Waals surface area contributed by atoms with Crippen molar-refractivity contribution in [3.05, 3.63) is 76.5 Å². The molecule has 3 heterocycles. The van der Waals surface area contributed by atoms with E-state index in [2.05, 4.69) is 0 Å². The molecular weight excluding hydrogens is 880 g/mol. The minimum absolute atomic E-state index is 0.0976. The molecule has 358 valence electrons. The number of esters is 1. The predicted molar refractivity (Wildman–Crippen MR) is 222 cm³/mol. The fraction of sp³-hybridized carbons (Fsp3) is 0.455. The molecule has 3 aromatic carbocycles. The first-order valence-electron chi connectivity index (χ1n) is 20.6. The molecule has 4 aromatic rings. The number of phenols is 4. The molecule has 2 aliphatic heterocycles. The van der Waals surface area contributed by atoms with Gasteiger partial charge in [-0.3, -0.25) is 4.79 Å². The molecule has 1 aliphatic carbocycles. The van der Waals surface area contributed by atoms with Gasteiger partial charge in [-0.1, -0.05) is 6.07 Å². The number of rotatable bonds is 13. The van der Waals surface area contributed by atoms with Gasteiger partial charge in [-0.25, -0.2) is 4.79 Å². The number of fused-ring (bicyclic) bond motifs is 1. The first-order chi connectivity index (χ1) is 31.4. The monoisotopic (exact) mass is 930 g/mol. The van der Waals surface area contributed by atoms with E-state index in [1.807, 2.05) is 0 Å². The molecule has 15 atom stereocenters. The first-order valence-corrected chi connectivity index (χ1v) is 20.6. The number of aliphatic hydroxyl groups is 8. The van der Waals surface area contributed by atoms with Crippen molar-refractivity contribution in [3.63, 3.8) is 0 Å². The van der Waals surface area contributed by atoms with Gasteiger partial charge >= 0.3 is 5.97 Å². The zero-order valence-corrected chi connectivity index (χ0v) is 35.1. The Morgan fingerprint density at radius 2 is 1.47 bits per heavy atom. The number of aromatic hydroxyl groups is 4. The number of benzene rings is 3. The van der Waals surface area contributed by atoms with E-state index in [-0.39, 0.29) is 40.6 Å². The van der Waals surface area contributed by atoms with Crippen molar-refractivity contribution in [1.29, 1.82) is 0 Å². The van der Waals surface area contributed by atoms with Crippen LogP contribution in [0.15, 0.2) is 69.9 Å². The van der Waals surface area contributed by atoms with E-state index in [9.17, 15) is 70.9 Å². The lowest BCUT2D eigenvalue weighted by Gasteiger charge is -2.46. The number of hydrogen-bond donors (Lipinski definition) is 12. The highest BCUT2D eigenvalue weighted by atomic mass is 16.7. The summed E-state index contributed by atoms with van der Waals surface area (Å²) in [6.07, 6.45) is -21.3. The summed E-state index contributed by atoms with van der Waals surface area (Å²) in [5.74, 6) is -4.38. The molecule has 22 heteroatoms. The number of phenolic OH excluding ortho intramolecular Hbond substituents is 4. The SMILES string of the molecule is COc1cc(/C=C/C(=O)O[C@@H]2[C@H](O)[C@@H](O)[C@H](Oc3c(-c4ccc(O)cc4)oc4cc(O)cc(O)c4c3=O)O[C@@H]2CO[C@@H]2O[C@@H](C)[C@H](O[C@@H]3C[C@H](CO)[C@@H](O)[C@H](O)[C@H]3O)[C@@H](O)[C@H]2O)ccc1O. The molecule has 1 aromatic heterocycles. The Kier molecular flexibility index (Phi) is 14.7. The topological polar surface area (TPSA) is 355 Å². The molecular formula is C44H50O22. The Balaban J connectivity index is 1.16. The molecule has 1 saturated carbocycles. The summed E-state index contributed by atoms with van der Waals surface area (Å²) >= 11 is 0. The van der Waals surface area contributed by atoms with Crippen LogP contribution in [0.1, 0.15) is 18.9 Å². The Morgan fingerprint density at radius 1 is 0.773 bits per heavy atom. The Labute approximate surface area is 373 Å². The van der Waals surface area contributed by atoms with Gasteiger partial charge in [-0.15, -0.1) is 0 Å². The fourth-order valence-electron chi connectivity index (χ4n) is 8.03. The van der Waals surface area contributed by atoms with E-state index in [1.54, 1.807) is 0 Å². The van der Waals surface area contributed by atoms with Crippen LogP contribution in [0.2, 0.25) is 0 Å². The van der Waals surface area contributed by atoms with Gasteiger partial charge in [0, 0.05) is 36.3 Å². The molecule has 0 spiro atoms. The number of aliphatic hydroxyl groups excluding tert-OH is 8. The van der Waals surface area contributed by atoms with Crippen molar-refractivity contribution in [2.24, 2.45) is 5.92 Å². The number of ether oxygens (including phenoxy) is 7. The van der Waals surface area contributed by atoms with Crippen LogP contribution in [0, 0.1) is 5.92 Å². The summed E-state index contributed by atoms with van der Waals surface area (Å²) in [7, 11) is 1.32. The Morgan fingerprint density at radius 3 is 2.17 bits per heavy atom. The lowest BCUT2D eigenvalue weighted by molar-refractivity contribution is -0.329. The normalized spacial score (nSPS) is 32.6. The molecule has 22 nitrogen and oxygen atoms in total. The van der Waals surface area contributed by atoms with Crippen LogP contribution in [-0.2, 0) is 28.5 Å². The molecule has 0 amide bonds. The molecule has 0 bridgehead atoms. The van der Waals surface area contributed by atoms with Gasteiger partial charge in [-0.2, -0.15) is 0 Å². The maximum absolute atomic E-state index is 14.1. The summed E-state index contributed by atoms with van der Waals surface area (Å²) < 4.78 is 46.1. The number of hydrogen-bond acceptors (Lipinski definition) is 22. The summed E-state index contributed by atoms with van der Waals surface area (Å²) in [5, 5.41) is 126. The fourth-order valence-corrected chi connectivity index (χ4v) is 8.03. The molecule has 3 aliphatic rings. The van der Waals surface area contributed by atoms with Crippen LogP contribution in [0.5, 0.6) is 34.5 Å². The van der Waals surface area contributed by atoms with Crippen LogP contribution in [-0.4, -0.2) is 173 Å². The maximum atomic E-state index is 14.1. The molecule has 12 N–H and O–H groups in total. The molecule has 0 unspecified atom stereocenters. The molecule has 2 saturated heterocycles. The zero-order valence-electron chi connectivity index (χ0n) is 35.1. The van der Waals surface area contributed by atoms with Gasteiger partial charge < -0.3 is 98.9 Å². The summed E-state index contributed by atoms with van der Waals surface area (Å²) in [4.78, 5) is 27.3. The number of carbonyl (C=O) groups excluding carboxylic acids is 1. The van der Waals surface area contributed by atoms with Crippen molar-refractivity contribution in [2.45, 2.75) is 99.2 Å². The van der Waals surface area contributed by atoms with E-state index in [4.69, 9.17) is 37.6 Å². The molecule has 0 radical (unpaired) electrons. The minimum Gasteiger partial charge on any atom is -0.508 e.